The molecule has 1 aromatic heterocycles. The second kappa shape index (κ2) is 5.53. The van der Waals surface area contributed by atoms with Crippen LogP contribution in [0.1, 0.15) is 51.9 Å². The average Bonchev–Trinajstić information content (AvgIpc) is 2.88. The summed E-state index contributed by atoms with van der Waals surface area (Å²) < 4.78 is 2.17. The Morgan fingerprint density at radius 3 is 2.79 bits per heavy atom. The summed E-state index contributed by atoms with van der Waals surface area (Å²) in [4.78, 5) is 10.7. The average molecular weight is 283 g/mol. The Balaban J connectivity index is 2.22. The van der Waals surface area contributed by atoms with Gasteiger partial charge in [0.1, 0.15) is 5.82 Å². The summed E-state index contributed by atoms with van der Waals surface area (Å²) in [6.07, 6.45) is 4.26. The molecule has 1 saturated carbocycles. The second-order valence-corrected chi connectivity index (χ2v) is 6.81. The number of nitrogens with zero attached hydrogens (tertiary/aromatic N) is 3. The first-order chi connectivity index (χ1) is 8.93. The molecule has 0 spiro atoms. The molecule has 0 amide bonds. The first-order valence-corrected chi connectivity index (χ1v) is 7.70. The molecular weight excluding hydrogens is 262 g/mol. The van der Waals surface area contributed by atoms with Gasteiger partial charge in [0, 0.05) is 12.5 Å². The third-order valence-corrected chi connectivity index (χ3v) is 4.61. The highest BCUT2D eigenvalue weighted by Gasteiger charge is 2.34. The van der Waals surface area contributed by atoms with E-state index in [1.807, 2.05) is 0 Å². The van der Waals surface area contributed by atoms with Crippen molar-refractivity contribution in [3.05, 3.63) is 5.82 Å². The van der Waals surface area contributed by atoms with Crippen LogP contribution in [0, 0.1) is 5.41 Å². The summed E-state index contributed by atoms with van der Waals surface area (Å²) in [5, 5.41) is 17.9. The molecular formula is C13H21N3O2S. The predicted octanol–water partition coefficient (Wildman–Crippen LogP) is 2.77. The number of aryl methyl sites for hydroxylation is 1. The minimum absolute atomic E-state index is 0.0396. The Bertz CT molecular complexity index is 470. The zero-order valence-electron chi connectivity index (χ0n) is 11.7. The molecule has 0 aliphatic heterocycles. The highest BCUT2D eigenvalue weighted by atomic mass is 32.2. The molecule has 1 aliphatic carbocycles. The van der Waals surface area contributed by atoms with Crippen molar-refractivity contribution in [1.82, 2.24) is 14.8 Å². The molecule has 1 atom stereocenters. The SMILES string of the molecule is CCc1nnc(SCC(=O)O)n1C1CCC(C)(C)C1. The number of aromatic nitrogens is 3. The highest BCUT2D eigenvalue weighted by molar-refractivity contribution is 7.99. The van der Waals surface area contributed by atoms with Crippen LogP contribution in [0.3, 0.4) is 0 Å². The summed E-state index contributed by atoms with van der Waals surface area (Å²) in [5.74, 6) is 0.192. The molecule has 1 fully saturated rings. The van der Waals surface area contributed by atoms with Crippen LogP contribution in [0.5, 0.6) is 0 Å². The molecule has 0 bridgehead atoms. The van der Waals surface area contributed by atoms with E-state index in [2.05, 4.69) is 35.5 Å². The van der Waals surface area contributed by atoms with Crippen LogP contribution in [0.15, 0.2) is 5.16 Å². The number of aliphatic carboxylic acids is 1. The molecule has 0 radical (unpaired) electrons. The van der Waals surface area contributed by atoms with Crippen LogP contribution in [-0.2, 0) is 11.2 Å². The maximum absolute atomic E-state index is 10.7. The van der Waals surface area contributed by atoms with E-state index in [-0.39, 0.29) is 5.75 Å². The van der Waals surface area contributed by atoms with E-state index in [0.29, 0.717) is 11.5 Å². The van der Waals surface area contributed by atoms with Gasteiger partial charge in [-0.1, -0.05) is 32.5 Å². The van der Waals surface area contributed by atoms with Gasteiger partial charge in [-0.15, -0.1) is 10.2 Å². The van der Waals surface area contributed by atoms with E-state index >= 15 is 0 Å². The fourth-order valence-corrected chi connectivity index (χ4v) is 3.50. The lowest BCUT2D eigenvalue weighted by Crippen LogP contribution is -2.13. The van der Waals surface area contributed by atoms with Crippen molar-refractivity contribution >= 4 is 17.7 Å². The number of thioether (sulfide) groups is 1. The van der Waals surface area contributed by atoms with Crippen molar-refractivity contribution in [3.8, 4) is 0 Å². The van der Waals surface area contributed by atoms with Gasteiger partial charge < -0.3 is 9.67 Å². The van der Waals surface area contributed by atoms with Gasteiger partial charge in [0.05, 0.1) is 5.75 Å². The van der Waals surface area contributed by atoms with E-state index in [0.717, 1.165) is 30.2 Å². The van der Waals surface area contributed by atoms with Gasteiger partial charge >= 0.3 is 5.97 Å². The molecule has 106 valence electrons. The molecule has 1 aliphatic rings. The maximum Gasteiger partial charge on any atom is 0.313 e. The molecule has 1 unspecified atom stereocenters. The van der Waals surface area contributed by atoms with Crippen LogP contribution in [0.25, 0.3) is 0 Å². The van der Waals surface area contributed by atoms with Gasteiger partial charge in [-0.05, 0) is 24.7 Å². The molecule has 5 nitrogen and oxygen atoms in total. The zero-order valence-corrected chi connectivity index (χ0v) is 12.5. The largest absolute Gasteiger partial charge is 0.481 e. The monoisotopic (exact) mass is 283 g/mol. The highest BCUT2D eigenvalue weighted by Crippen LogP contribution is 2.44. The molecule has 0 aromatic carbocycles. The van der Waals surface area contributed by atoms with Gasteiger partial charge in [0.25, 0.3) is 0 Å². The Morgan fingerprint density at radius 2 is 2.26 bits per heavy atom. The lowest BCUT2D eigenvalue weighted by molar-refractivity contribution is -0.133. The van der Waals surface area contributed by atoms with Gasteiger partial charge in [0.15, 0.2) is 5.16 Å². The smallest absolute Gasteiger partial charge is 0.313 e. The third kappa shape index (κ3) is 3.29. The number of carboxylic acid groups (broad SMARTS) is 1. The molecule has 1 aromatic rings. The number of carboxylic acids is 1. The van der Waals surface area contributed by atoms with E-state index in [9.17, 15) is 4.79 Å². The molecule has 1 heterocycles. The topological polar surface area (TPSA) is 68.0 Å². The number of hydrogen-bond acceptors (Lipinski definition) is 4. The molecule has 2 rings (SSSR count). The van der Waals surface area contributed by atoms with Gasteiger partial charge in [-0.3, -0.25) is 4.79 Å². The maximum atomic E-state index is 10.7. The number of rotatable bonds is 5. The quantitative estimate of drug-likeness (QED) is 0.842. The van der Waals surface area contributed by atoms with E-state index in [1.54, 1.807) is 0 Å². The van der Waals surface area contributed by atoms with Gasteiger partial charge in [-0.25, -0.2) is 0 Å². The molecule has 1 N–H and O–H groups in total. The van der Waals surface area contributed by atoms with Crippen LogP contribution < -0.4 is 0 Å². The first kappa shape index (κ1) is 14.4. The zero-order chi connectivity index (χ0) is 14.0. The molecule has 19 heavy (non-hydrogen) atoms. The van der Waals surface area contributed by atoms with Crippen molar-refractivity contribution < 1.29 is 9.90 Å². The fourth-order valence-electron chi connectivity index (χ4n) is 2.76. The van der Waals surface area contributed by atoms with Crippen molar-refractivity contribution in [3.63, 3.8) is 0 Å². The Kier molecular flexibility index (Phi) is 4.18. The van der Waals surface area contributed by atoms with Gasteiger partial charge in [-0.2, -0.15) is 0 Å². The van der Waals surface area contributed by atoms with E-state index in [4.69, 9.17) is 5.11 Å². The summed E-state index contributed by atoms with van der Waals surface area (Å²) in [7, 11) is 0. The van der Waals surface area contributed by atoms with Crippen LogP contribution in [0.4, 0.5) is 0 Å². The minimum Gasteiger partial charge on any atom is -0.481 e. The Labute approximate surface area is 117 Å². The molecule has 0 saturated heterocycles. The van der Waals surface area contributed by atoms with E-state index in [1.165, 1.54) is 18.2 Å². The second-order valence-electron chi connectivity index (χ2n) is 5.87. The minimum atomic E-state index is -0.815. The normalized spacial score (nSPS) is 21.7. The van der Waals surface area contributed by atoms with Gasteiger partial charge in [0.2, 0.25) is 0 Å². The summed E-state index contributed by atoms with van der Waals surface area (Å²) >= 11 is 1.27. The molecule has 6 heteroatoms. The lowest BCUT2D eigenvalue weighted by atomic mass is 9.92. The van der Waals surface area contributed by atoms with Crippen LogP contribution >= 0.6 is 11.8 Å². The van der Waals surface area contributed by atoms with Crippen LogP contribution in [0.2, 0.25) is 0 Å². The summed E-state index contributed by atoms with van der Waals surface area (Å²) in [6, 6.07) is 0.413. The standard InChI is InChI=1S/C13H21N3O2S/c1-4-10-14-15-12(19-8-11(17)18)16(10)9-5-6-13(2,3)7-9/h9H,4-8H2,1-3H3,(H,17,18). The fraction of sp³-hybridized carbons (Fsp3) is 0.769. The Hall–Kier alpha value is -1.04. The van der Waals surface area contributed by atoms with Crippen molar-refractivity contribution in [2.45, 2.75) is 57.7 Å². The predicted molar refractivity (Wildman–Crippen MR) is 74.4 cm³/mol. The third-order valence-electron chi connectivity index (χ3n) is 3.68. The van der Waals surface area contributed by atoms with Crippen molar-refractivity contribution in [2.24, 2.45) is 5.41 Å². The number of carbonyl (C=O) groups is 1. The number of hydrogen-bond donors (Lipinski definition) is 1. The lowest BCUT2D eigenvalue weighted by Gasteiger charge is -2.20. The van der Waals surface area contributed by atoms with Crippen molar-refractivity contribution in [2.75, 3.05) is 5.75 Å². The van der Waals surface area contributed by atoms with Crippen LogP contribution in [-0.4, -0.2) is 31.6 Å². The summed E-state index contributed by atoms with van der Waals surface area (Å²) in [6.45, 7) is 6.63. The van der Waals surface area contributed by atoms with E-state index < -0.39 is 5.97 Å². The Morgan fingerprint density at radius 1 is 1.53 bits per heavy atom. The first-order valence-electron chi connectivity index (χ1n) is 6.71. The summed E-state index contributed by atoms with van der Waals surface area (Å²) in [5.41, 5.74) is 0.356. The van der Waals surface area contributed by atoms with Crippen molar-refractivity contribution in [1.29, 1.82) is 0 Å².